The number of hydrogen-bond donors (Lipinski definition) is 0. The van der Waals surface area contributed by atoms with Gasteiger partial charge in [-0.2, -0.15) is 0 Å². The van der Waals surface area contributed by atoms with Gasteiger partial charge in [-0.3, -0.25) is 4.90 Å². The van der Waals surface area contributed by atoms with E-state index < -0.39 is 0 Å². The van der Waals surface area contributed by atoms with E-state index in [9.17, 15) is 0 Å². The lowest BCUT2D eigenvalue weighted by Gasteiger charge is -2.35. The molecule has 0 atom stereocenters. The van der Waals surface area contributed by atoms with Crippen molar-refractivity contribution in [3.05, 3.63) is 54.9 Å². The monoisotopic (exact) mass is 363 g/mol. The molecule has 1 fully saturated rings. The van der Waals surface area contributed by atoms with Gasteiger partial charge in [-0.1, -0.05) is 18.2 Å². The molecular weight excluding hydrogens is 338 g/mol. The molecule has 1 aliphatic heterocycles. The van der Waals surface area contributed by atoms with Crippen LogP contribution in [0.4, 0.5) is 5.82 Å². The number of para-hydroxylation sites is 2. The minimum atomic E-state index is 0.609. The van der Waals surface area contributed by atoms with Crippen LogP contribution in [0.25, 0.3) is 11.0 Å². The molecule has 27 heavy (non-hydrogen) atoms. The van der Waals surface area contributed by atoms with Crippen LogP contribution in [0.1, 0.15) is 12.8 Å². The van der Waals surface area contributed by atoms with Crippen LogP contribution < -0.4 is 9.64 Å². The highest BCUT2D eigenvalue weighted by Crippen LogP contribution is 2.14. The third kappa shape index (κ3) is 4.71. The number of benzene rings is 1. The highest BCUT2D eigenvalue weighted by molar-refractivity contribution is 5.73. The van der Waals surface area contributed by atoms with Crippen LogP contribution in [-0.2, 0) is 0 Å². The van der Waals surface area contributed by atoms with Gasteiger partial charge in [-0.05, 0) is 43.7 Å². The maximum atomic E-state index is 5.77. The van der Waals surface area contributed by atoms with Crippen molar-refractivity contribution in [3.63, 3.8) is 0 Å². The fourth-order valence-corrected chi connectivity index (χ4v) is 3.37. The molecule has 0 saturated carbocycles. The Kier molecular flexibility index (Phi) is 5.74. The first-order valence-corrected chi connectivity index (χ1v) is 9.61. The van der Waals surface area contributed by atoms with Gasteiger partial charge in [0.25, 0.3) is 0 Å². The van der Waals surface area contributed by atoms with Crippen molar-refractivity contribution < 1.29 is 4.74 Å². The van der Waals surface area contributed by atoms with Crippen molar-refractivity contribution in [3.8, 4) is 5.88 Å². The maximum absolute atomic E-state index is 5.77. The Labute approximate surface area is 159 Å². The van der Waals surface area contributed by atoms with E-state index in [1.807, 2.05) is 36.5 Å². The second kappa shape index (κ2) is 8.77. The molecular formula is C21H25N5O. The minimum absolute atomic E-state index is 0.609. The van der Waals surface area contributed by atoms with E-state index in [1.165, 1.54) is 0 Å². The summed E-state index contributed by atoms with van der Waals surface area (Å²) in [6, 6.07) is 13.9. The SMILES string of the molecule is c1ccc(N2CCN(CCCCOc3cnc4ccccc4n3)CC2)nc1. The normalized spacial score (nSPS) is 15.2. The number of piperazine rings is 1. The Bertz CT molecular complexity index is 849. The molecule has 0 unspecified atom stereocenters. The van der Waals surface area contributed by atoms with Crippen molar-refractivity contribution in [1.82, 2.24) is 19.9 Å². The molecule has 1 saturated heterocycles. The van der Waals surface area contributed by atoms with Crippen LogP contribution in [-0.4, -0.2) is 59.2 Å². The molecule has 1 aromatic carbocycles. The molecule has 140 valence electrons. The van der Waals surface area contributed by atoms with E-state index in [0.717, 1.165) is 62.4 Å². The first-order valence-electron chi connectivity index (χ1n) is 9.61. The average Bonchev–Trinajstić information content (AvgIpc) is 2.74. The number of rotatable bonds is 7. The van der Waals surface area contributed by atoms with E-state index in [2.05, 4.69) is 36.9 Å². The number of pyridine rings is 1. The van der Waals surface area contributed by atoms with Gasteiger partial charge in [-0.25, -0.2) is 15.0 Å². The summed E-state index contributed by atoms with van der Waals surface area (Å²) in [5, 5.41) is 0. The molecule has 0 radical (unpaired) electrons. The van der Waals surface area contributed by atoms with Crippen molar-refractivity contribution in [2.24, 2.45) is 0 Å². The quantitative estimate of drug-likeness (QED) is 0.602. The fraction of sp³-hybridized carbons (Fsp3) is 0.381. The van der Waals surface area contributed by atoms with Gasteiger partial charge in [-0.15, -0.1) is 0 Å². The zero-order chi connectivity index (χ0) is 18.3. The standard InChI is InChI=1S/C21H25N5O/c1-2-8-19-18(7-1)23-17-21(24-19)27-16-6-5-11-25-12-14-26(15-13-25)20-9-3-4-10-22-20/h1-4,7-10,17H,5-6,11-16H2. The summed E-state index contributed by atoms with van der Waals surface area (Å²) in [4.78, 5) is 18.2. The lowest BCUT2D eigenvalue weighted by Crippen LogP contribution is -2.46. The smallest absolute Gasteiger partial charge is 0.232 e. The van der Waals surface area contributed by atoms with Gasteiger partial charge in [0.2, 0.25) is 5.88 Å². The molecule has 6 heteroatoms. The zero-order valence-electron chi connectivity index (χ0n) is 15.5. The first kappa shape index (κ1) is 17.7. The highest BCUT2D eigenvalue weighted by Gasteiger charge is 2.17. The van der Waals surface area contributed by atoms with Gasteiger partial charge in [0.1, 0.15) is 5.82 Å². The third-order valence-corrected chi connectivity index (χ3v) is 4.89. The Balaban J connectivity index is 1.14. The average molecular weight is 363 g/mol. The Morgan fingerprint density at radius 2 is 1.67 bits per heavy atom. The van der Waals surface area contributed by atoms with Crippen LogP contribution in [0.3, 0.4) is 0 Å². The van der Waals surface area contributed by atoms with Crippen molar-refractivity contribution in [2.45, 2.75) is 12.8 Å². The lowest BCUT2D eigenvalue weighted by molar-refractivity contribution is 0.236. The van der Waals surface area contributed by atoms with Gasteiger partial charge in [0.15, 0.2) is 0 Å². The summed E-state index contributed by atoms with van der Waals surface area (Å²) in [6.45, 7) is 6.06. The van der Waals surface area contributed by atoms with Crippen LogP contribution >= 0.6 is 0 Å². The minimum Gasteiger partial charge on any atom is -0.477 e. The predicted octanol–water partition coefficient (Wildman–Crippen LogP) is 3.01. The largest absolute Gasteiger partial charge is 0.477 e. The van der Waals surface area contributed by atoms with Crippen LogP contribution in [0, 0.1) is 0 Å². The molecule has 4 rings (SSSR count). The Hall–Kier alpha value is -2.73. The van der Waals surface area contributed by atoms with Crippen LogP contribution in [0.5, 0.6) is 5.88 Å². The molecule has 2 aromatic heterocycles. The number of unbranched alkanes of at least 4 members (excludes halogenated alkanes) is 1. The predicted molar refractivity (Wildman–Crippen MR) is 107 cm³/mol. The summed E-state index contributed by atoms with van der Waals surface area (Å²) in [5.41, 5.74) is 1.77. The molecule has 0 spiro atoms. The van der Waals surface area contributed by atoms with E-state index in [1.54, 1.807) is 6.20 Å². The topological polar surface area (TPSA) is 54.4 Å². The molecule has 0 bridgehead atoms. The fourth-order valence-electron chi connectivity index (χ4n) is 3.37. The molecule has 0 N–H and O–H groups in total. The summed E-state index contributed by atoms with van der Waals surface area (Å²) in [7, 11) is 0. The number of ether oxygens (including phenoxy) is 1. The Morgan fingerprint density at radius 3 is 2.48 bits per heavy atom. The summed E-state index contributed by atoms with van der Waals surface area (Å²) in [6.07, 6.45) is 5.72. The van der Waals surface area contributed by atoms with Crippen LogP contribution in [0.2, 0.25) is 0 Å². The van der Waals surface area contributed by atoms with E-state index >= 15 is 0 Å². The van der Waals surface area contributed by atoms with Crippen LogP contribution in [0.15, 0.2) is 54.9 Å². The van der Waals surface area contributed by atoms with Gasteiger partial charge in [0.05, 0.1) is 23.8 Å². The van der Waals surface area contributed by atoms with Crippen molar-refractivity contribution in [1.29, 1.82) is 0 Å². The number of fused-ring (bicyclic) bond motifs is 1. The highest BCUT2D eigenvalue weighted by atomic mass is 16.5. The molecule has 6 nitrogen and oxygen atoms in total. The van der Waals surface area contributed by atoms with Crippen molar-refractivity contribution in [2.75, 3.05) is 44.2 Å². The second-order valence-electron chi connectivity index (χ2n) is 6.77. The number of hydrogen-bond acceptors (Lipinski definition) is 6. The molecule has 1 aliphatic rings. The molecule has 3 heterocycles. The summed E-state index contributed by atoms with van der Waals surface area (Å²) in [5.74, 6) is 1.69. The molecule has 3 aromatic rings. The number of anilines is 1. The van der Waals surface area contributed by atoms with Gasteiger partial charge >= 0.3 is 0 Å². The third-order valence-electron chi connectivity index (χ3n) is 4.89. The number of nitrogens with zero attached hydrogens (tertiary/aromatic N) is 5. The van der Waals surface area contributed by atoms with Crippen molar-refractivity contribution >= 4 is 16.9 Å². The van der Waals surface area contributed by atoms with E-state index in [-0.39, 0.29) is 0 Å². The lowest BCUT2D eigenvalue weighted by atomic mass is 10.2. The second-order valence-corrected chi connectivity index (χ2v) is 6.77. The number of aromatic nitrogens is 3. The first-order chi connectivity index (χ1) is 13.4. The van der Waals surface area contributed by atoms with E-state index in [0.29, 0.717) is 12.5 Å². The van der Waals surface area contributed by atoms with Gasteiger partial charge < -0.3 is 9.64 Å². The zero-order valence-corrected chi connectivity index (χ0v) is 15.5. The Morgan fingerprint density at radius 1 is 0.852 bits per heavy atom. The van der Waals surface area contributed by atoms with Gasteiger partial charge in [0, 0.05) is 32.4 Å². The maximum Gasteiger partial charge on any atom is 0.232 e. The summed E-state index contributed by atoms with van der Waals surface area (Å²) >= 11 is 0. The molecule has 0 aliphatic carbocycles. The molecule has 0 amide bonds. The van der Waals surface area contributed by atoms with E-state index in [4.69, 9.17) is 4.74 Å². The summed E-state index contributed by atoms with van der Waals surface area (Å²) < 4.78 is 5.77.